The first-order valence-corrected chi connectivity index (χ1v) is 8.66. The molecule has 4 nitrogen and oxygen atoms in total. The van der Waals surface area contributed by atoms with E-state index in [2.05, 4.69) is 0 Å². The maximum absolute atomic E-state index is 5.96. The van der Waals surface area contributed by atoms with E-state index in [1.54, 1.807) is 0 Å². The summed E-state index contributed by atoms with van der Waals surface area (Å²) in [7, 11) is -2.48. The average molecular weight is 261 g/mol. The summed E-state index contributed by atoms with van der Waals surface area (Å²) in [6.45, 7) is 8.01. The quantitative estimate of drug-likeness (QED) is 0.715. The molecule has 0 bridgehead atoms. The summed E-state index contributed by atoms with van der Waals surface area (Å²) < 4.78 is 17.8. The molecule has 102 valence electrons. The zero-order valence-corrected chi connectivity index (χ0v) is 12.4. The van der Waals surface area contributed by atoms with Crippen molar-refractivity contribution >= 4 is 8.80 Å². The molecule has 2 N–H and O–H groups in total. The number of nitrogens with two attached hydrogens (primary N) is 1. The summed E-state index contributed by atoms with van der Waals surface area (Å²) in [5, 5.41) is 0. The SMILES string of the molecule is CCO[Si](OCC)(OCC)C1CCC(N)CC1. The van der Waals surface area contributed by atoms with E-state index in [4.69, 9.17) is 19.0 Å². The van der Waals surface area contributed by atoms with Crippen LogP contribution in [0.3, 0.4) is 0 Å². The monoisotopic (exact) mass is 261 g/mol. The number of hydrogen-bond donors (Lipinski definition) is 1. The fourth-order valence-electron chi connectivity index (χ4n) is 2.55. The molecule has 0 atom stereocenters. The highest BCUT2D eigenvalue weighted by Gasteiger charge is 2.49. The van der Waals surface area contributed by atoms with Crippen molar-refractivity contribution in [2.24, 2.45) is 5.73 Å². The summed E-state index contributed by atoms with van der Waals surface area (Å²) in [6.07, 6.45) is 4.28. The Morgan fingerprint density at radius 1 is 0.882 bits per heavy atom. The Bertz CT molecular complexity index is 191. The van der Waals surface area contributed by atoms with Crippen LogP contribution in [0.2, 0.25) is 5.54 Å². The van der Waals surface area contributed by atoms with Gasteiger partial charge in [0.15, 0.2) is 0 Å². The molecule has 0 unspecified atom stereocenters. The van der Waals surface area contributed by atoms with Crippen molar-refractivity contribution in [3.63, 3.8) is 0 Å². The van der Waals surface area contributed by atoms with Crippen LogP contribution < -0.4 is 5.73 Å². The molecule has 0 radical (unpaired) electrons. The lowest BCUT2D eigenvalue weighted by Gasteiger charge is -2.38. The van der Waals surface area contributed by atoms with Crippen molar-refractivity contribution in [3.8, 4) is 0 Å². The van der Waals surface area contributed by atoms with Crippen LogP contribution in [-0.2, 0) is 13.3 Å². The molecule has 0 saturated heterocycles. The topological polar surface area (TPSA) is 53.7 Å². The van der Waals surface area contributed by atoms with Crippen LogP contribution in [-0.4, -0.2) is 34.7 Å². The van der Waals surface area contributed by atoms with Crippen LogP contribution in [0.15, 0.2) is 0 Å². The van der Waals surface area contributed by atoms with Gasteiger partial charge in [0, 0.05) is 31.4 Å². The molecule has 0 spiro atoms. The maximum Gasteiger partial charge on any atom is 0.504 e. The smallest absolute Gasteiger partial charge is 0.374 e. The van der Waals surface area contributed by atoms with E-state index in [0.717, 1.165) is 25.7 Å². The first-order chi connectivity index (χ1) is 8.18. The van der Waals surface area contributed by atoms with Gasteiger partial charge < -0.3 is 19.0 Å². The minimum atomic E-state index is -2.48. The molecular weight excluding hydrogens is 234 g/mol. The predicted molar refractivity (Wildman–Crippen MR) is 70.8 cm³/mol. The Morgan fingerprint density at radius 3 is 1.65 bits per heavy atom. The second-order valence-electron chi connectivity index (χ2n) is 4.51. The zero-order chi connectivity index (χ0) is 12.7. The van der Waals surface area contributed by atoms with Crippen molar-refractivity contribution < 1.29 is 13.3 Å². The van der Waals surface area contributed by atoms with E-state index >= 15 is 0 Å². The normalized spacial score (nSPS) is 26.1. The summed E-state index contributed by atoms with van der Waals surface area (Å²) in [5.41, 5.74) is 6.39. The summed E-state index contributed by atoms with van der Waals surface area (Å²) in [4.78, 5) is 0. The van der Waals surface area contributed by atoms with Gasteiger partial charge in [-0.1, -0.05) is 0 Å². The number of hydrogen-bond acceptors (Lipinski definition) is 4. The van der Waals surface area contributed by atoms with E-state index in [-0.39, 0.29) is 0 Å². The Morgan fingerprint density at radius 2 is 1.29 bits per heavy atom. The van der Waals surface area contributed by atoms with Crippen LogP contribution >= 0.6 is 0 Å². The molecule has 0 amide bonds. The molecule has 0 aromatic heterocycles. The van der Waals surface area contributed by atoms with E-state index in [1.165, 1.54) is 0 Å². The molecule has 0 aromatic carbocycles. The molecule has 5 heteroatoms. The summed E-state index contributed by atoms with van der Waals surface area (Å²) >= 11 is 0. The Kier molecular flexibility index (Phi) is 6.65. The zero-order valence-electron chi connectivity index (χ0n) is 11.4. The van der Waals surface area contributed by atoms with Crippen LogP contribution in [0.4, 0.5) is 0 Å². The Balaban J connectivity index is 2.71. The molecule has 1 rings (SSSR count). The third kappa shape index (κ3) is 4.03. The minimum Gasteiger partial charge on any atom is -0.374 e. The molecule has 1 aliphatic rings. The summed E-state index contributed by atoms with van der Waals surface area (Å²) in [6, 6.07) is 0.350. The van der Waals surface area contributed by atoms with Gasteiger partial charge in [0.05, 0.1) is 0 Å². The van der Waals surface area contributed by atoms with Crippen molar-refractivity contribution in [1.29, 1.82) is 0 Å². The first-order valence-electron chi connectivity index (χ1n) is 6.85. The van der Waals surface area contributed by atoms with Gasteiger partial charge in [0.25, 0.3) is 0 Å². The van der Waals surface area contributed by atoms with E-state index in [9.17, 15) is 0 Å². The standard InChI is InChI=1S/C12H27NO3Si/c1-4-14-17(15-5-2,16-6-3)12-9-7-11(13)8-10-12/h11-12H,4-10,13H2,1-3H3. The minimum absolute atomic E-state index is 0.350. The molecule has 17 heavy (non-hydrogen) atoms. The molecule has 1 aliphatic carbocycles. The van der Waals surface area contributed by atoms with Crippen LogP contribution in [0.5, 0.6) is 0 Å². The van der Waals surface area contributed by atoms with Crippen molar-refractivity contribution in [1.82, 2.24) is 0 Å². The van der Waals surface area contributed by atoms with Crippen molar-refractivity contribution in [2.45, 2.75) is 58.0 Å². The van der Waals surface area contributed by atoms with Crippen LogP contribution in [0.1, 0.15) is 46.5 Å². The third-order valence-corrected chi connectivity index (χ3v) is 6.96. The average Bonchev–Trinajstić information content (AvgIpc) is 2.30. The summed E-state index contributed by atoms with van der Waals surface area (Å²) in [5.74, 6) is 0. The fraction of sp³-hybridized carbons (Fsp3) is 1.00. The van der Waals surface area contributed by atoms with Gasteiger partial charge in [0.1, 0.15) is 0 Å². The lowest BCUT2D eigenvalue weighted by atomic mass is 9.96. The third-order valence-electron chi connectivity index (χ3n) is 3.31. The first kappa shape index (κ1) is 15.1. The molecule has 1 fully saturated rings. The molecule has 0 heterocycles. The van der Waals surface area contributed by atoms with Gasteiger partial charge in [-0.2, -0.15) is 0 Å². The highest BCUT2D eigenvalue weighted by Crippen LogP contribution is 2.38. The van der Waals surface area contributed by atoms with Crippen LogP contribution in [0.25, 0.3) is 0 Å². The van der Waals surface area contributed by atoms with Gasteiger partial charge in [-0.05, 0) is 46.5 Å². The van der Waals surface area contributed by atoms with Gasteiger partial charge in [0.2, 0.25) is 0 Å². The molecule has 1 saturated carbocycles. The van der Waals surface area contributed by atoms with Gasteiger partial charge in [-0.25, -0.2) is 0 Å². The lowest BCUT2D eigenvalue weighted by molar-refractivity contribution is 0.0555. The molecular formula is C12H27NO3Si. The molecule has 0 aliphatic heterocycles. The van der Waals surface area contributed by atoms with Crippen LogP contribution in [0, 0.1) is 0 Å². The highest BCUT2D eigenvalue weighted by atomic mass is 28.4. The van der Waals surface area contributed by atoms with Gasteiger partial charge >= 0.3 is 8.80 Å². The lowest BCUT2D eigenvalue weighted by Crippen LogP contribution is -2.52. The predicted octanol–water partition coefficient (Wildman–Crippen LogP) is 2.31. The maximum atomic E-state index is 5.96. The highest BCUT2D eigenvalue weighted by molar-refractivity contribution is 6.62. The Labute approximate surface area is 106 Å². The van der Waals surface area contributed by atoms with E-state index in [1.807, 2.05) is 20.8 Å². The largest absolute Gasteiger partial charge is 0.504 e. The van der Waals surface area contributed by atoms with E-state index in [0.29, 0.717) is 31.4 Å². The second kappa shape index (κ2) is 7.48. The van der Waals surface area contributed by atoms with Gasteiger partial charge in [-0.3, -0.25) is 0 Å². The van der Waals surface area contributed by atoms with Gasteiger partial charge in [-0.15, -0.1) is 0 Å². The second-order valence-corrected chi connectivity index (χ2v) is 7.40. The number of rotatable bonds is 7. The fourth-order valence-corrected chi connectivity index (χ4v) is 5.76. The van der Waals surface area contributed by atoms with Crippen molar-refractivity contribution in [3.05, 3.63) is 0 Å². The van der Waals surface area contributed by atoms with Crippen molar-refractivity contribution in [2.75, 3.05) is 19.8 Å². The van der Waals surface area contributed by atoms with E-state index < -0.39 is 8.80 Å². The molecule has 0 aromatic rings. The Hall–Kier alpha value is 0.0569.